The van der Waals surface area contributed by atoms with E-state index >= 15 is 0 Å². The van der Waals surface area contributed by atoms with Gasteiger partial charge in [-0.05, 0) is 0 Å². The SMILES string of the molecule is CI1CC[C@@H]1C[C@@H](N)[I-]I. The third-order valence-electron chi connectivity index (χ3n) is 1.83. The molecule has 0 aromatic heterocycles. The number of hydrogen-bond acceptors (Lipinski definition) is 1. The van der Waals surface area contributed by atoms with Gasteiger partial charge in [0.2, 0.25) is 0 Å². The van der Waals surface area contributed by atoms with Gasteiger partial charge in [-0.2, -0.15) is 0 Å². The quantitative estimate of drug-likeness (QED) is 0.314. The van der Waals surface area contributed by atoms with Crippen LogP contribution in [0.3, 0.4) is 0 Å². The van der Waals surface area contributed by atoms with Gasteiger partial charge in [0, 0.05) is 0 Å². The van der Waals surface area contributed by atoms with E-state index in [2.05, 4.69) is 23.5 Å². The van der Waals surface area contributed by atoms with Crippen molar-refractivity contribution in [3.63, 3.8) is 0 Å². The molecule has 10 heavy (non-hydrogen) atoms. The first-order valence-electron chi connectivity index (χ1n) is 3.28. The Bertz CT molecular complexity index is 109. The summed E-state index contributed by atoms with van der Waals surface area (Å²) in [6, 6.07) is 0. The summed E-state index contributed by atoms with van der Waals surface area (Å²) in [4.78, 5) is 2.51. The average Bonchev–Trinajstić information content (AvgIpc) is 1.96. The Morgan fingerprint density at radius 1 is 1.90 bits per heavy atom. The molecule has 0 radical (unpaired) electrons. The van der Waals surface area contributed by atoms with Gasteiger partial charge >= 0.3 is 91.6 Å². The molecule has 1 saturated heterocycles. The number of hydrogen-bond donors (Lipinski definition) is 1. The molecule has 64 valence electrons. The third kappa shape index (κ3) is 2.89. The zero-order chi connectivity index (χ0) is 7.56. The van der Waals surface area contributed by atoms with Crippen LogP contribution in [-0.4, -0.2) is 17.3 Å². The first-order chi connectivity index (χ1) is 4.74. The fourth-order valence-electron chi connectivity index (χ4n) is 1.03. The predicted octanol–water partition coefficient (Wildman–Crippen LogP) is -0.991. The van der Waals surface area contributed by atoms with E-state index in [0.29, 0.717) is 21.3 Å². The normalized spacial score (nSPS) is 31.9. The van der Waals surface area contributed by atoms with Crippen LogP contribution in [0.2, 0.25) is 0 Å². The molecule has 1 aliphatic rings. The van der Waals surface area contributed by atoms with Gasteiger partial charge in [0.1, 0.15) is 0 Å². The molecule has 1 fully saturated rings. The first-order valence-corrected chi connectivity index (χ1v) is 15.7. The fraction of sp³-hybridized carbons (Fsp3) is 1.00. The fourth-order valence-corrected chi connectivity index (χ4v) is 8.26. The molecule has 0 spiro atoms. The van der Waals surface area contributed by atoms with E-state index in [1.807, 2.05) is 0 Å². The molecule has 1 nitrogen and oxygen atoms in total. The van der Waals surface area contributed by atoms with Crippen LogP contribution in [-0.2, 0) is 0 Å². The van der Waals surface area contributed by atoms with Gasteiger partial charge in [0.05, 0.1) is 0 Å². The van der Waals surface area contributed by atoms with Crippen LogP contribution < -0.4 is 23.0 Å². The van der Waals surface area contributed by atoms with Crippen molar-refractivity contribution < 1.29 is 17.2 Å². The van der Waals surface area contributed by atoms with E-state index in [4.69, 9.17) is 5.73 Å². The predicted molar refractivity (Wildman–Crippen MR) is 59.8 cm³/mol. The van der Waals surface area contributed by atoms with Gasteiger partial charge in [-0.1, -0.05) is 0 Å². The molecule has 1 aliphatic heterocycles. The summed E-state index contributed by atoms with van der Waals surface area (Å²) in [6.07, 6.45) is 2.88. The molecule has 0 aromatic rings. The summed E-state index contributed by atoms with van der Waals surface area (Å²) in [5.41, 5.74) is 5.91. The van der Waals surface area contributed by atoms with Gasteiger partial charge < -0.3 is 0 Å². The maximum atomic E-state index is 5.91. The van der Waals surface area contributed by atoms with Gasteiger partial charge in [0.15, 0.2) is 0 Å². The van der Waals surface area contributed by atoms with Crippen molar-refractivity contribution >= 4 is 38.4 Å². The Balaban J connectivity index is 2.12. The van der Waals surface area contributed by atoms with Crippen molar-refractivity contribution in [1.82, 2.24) is 0 Å². The van der Waals surface area contributed by atoms with Gasteiger partial charge in [-0.15, -0.1) is 0 Å². The number of rotatable bonds is 3. The Morgan fingerprint density at radius 3 is 2.90 bits per heavy atom. The van der Waals surface area contributed by atoms with E-state index in [-0.39, 0.29) is 19.8 Å². The standard InChI is InChI=1S/C6H13I3N/c1-9-3-2-5(9)4-6(10)8-7/h5-6H,2-4,10H2,1H3/q-1/t5-,6-/m1/s1. The van der Waals surface area contributed by atoms with Gasteiger partial charge in [-0.25, -0.2) is 0 Å². The summed E-state index contributed by atoms with van der Waals surface area (Å²) >= 11 is 2.42. The Kier molecular flexibility index (Phi) is 5.12. The molecular formula is C6H13I3N-. The Morgan fingerprint density at radius 2 is 2.60 bits per heavy atom. The molecule has 0 aromatic carbocycles. The number of halogens is 3. The second-order valence-corrected chi connectivity index (χ2v) is 14.3. The molecule has 4 heteroatoms. The summed E-state index contributed by atoms with van der Waals surface area (Å²) in [5.74, 6) is 0. The zero-order valence-corrected chi connectivity index (χ0v) is 12.5. The molecule has 0 bridgehead atoms. The molecule has 0 unspecified atom stereocenters. The number of nitrogens with two attached hydrogens (primary N) is 1. The van der Waals surface area contributed by atoms with E-state index in [1.165, 1.54) is 12.8 Å². The summed E-state index contributed by atoms with van der Waals surface area (Å²) in [7, 11) is 0. The van der Waals surface area contributed by atoms with Crippen molar-refractivity contribution in [2.24, 2.45) is 5.73 Å². The van der Waals surface area contributed by atoms with E-state index < -0.39 is 0 Å². The van der Waals surface area contributed by atoms with E-state index in [1.54, 1.807) is 4.43 Å². The zero-order valence-electron chi connectivity index (χ0n) is 5.99. The van der Waals surface area contributed by atoms with E-state index in [0.717, 1.165) is 3.92 Å². The molecule has 0 aliphatic carbocycles. The van der Waals surface area contributed by atoms with Crippen LogP contribution in [0.25, 0.3) is 0 Å². The van der Waals surface area contributed by atoms with Crippen molar-refractivity contribution in [2.45, 2.75) is 20.8 Å². The average molecular weight is 480 g/mol. The molecule has 2 atom stereocenters. The van der Waals surface area contributed by atoms with Gasteiger partial charge in [0.25, 0.3) is 0 Å². The second kappa shape index (κ2) is 5.00. The van der Waals surface area contributed by atoms with Crippen LogP contribution in [0.4, 0.5) is 0 Å². The molecule has 1 heterocycles. The van der Waals surface area contributed by atoms with Crippen LogP contribution in [0.15, 0.2) is 0 Å². The summed E-state index contributed by atoms with van der Waals surface area (Å²) < 4.78 is 3.33. The number of alkyl halides is 4. The van der Waals surface area contributed by atoms with Crippen LogP contribution in [0.5, 0.6) is 0 Å². The van der Waals surface area contributed by atoms with Crippen molar-refractivity contribution in [3.05, 3.63) is 0 Å². The molecular weight excluding hydrogens is 467 g/mol. The second-order valence-electron chi connectivity index (χ2n) is 2.55. The van der Waals surface area contributed by atoms with Crippen molar-refractivity contribution in [3.8, 4) is 0 Å². The summed E-state index contributed by atoms with van der Waals surface area (Å²) in [5, 5.41) is 0. The topological polar surface area (TPSA) is 26.0 Å². The van der Waals surface area contributed by atoms with Crippen LogP contribution in [0, 0.1) is 0 Å². The maximum absolute atomic E-state index is 5.91. The molecule has 1 rings (SSSR count). The van der Waals surface area contributed by atoms with Gasteiger partial charge in [-0.3, -0.25) is 0 Å². The van der Waals surface area contributed by atoms with Crippen LogP contribution >= 0.6 is 38.4 Å². The minimum atomic E-state index is -0.372. The third-order valence-corrected chi connectivity index (χ3v) is 13.5. The van der Waals surface area contributed by atoms with E-state index in [9.17, 15) is 0 Å². The first kappa shape index (κ1) is 10.2. The monoisotopic (exact) mass is 480 g/mol. The minimum absolute atomic E-state index is 0.292. The molecule has 0 saturated carbocycles. The Labute approximate surface area is 90.1 Å². The van der Waals surface area contributed by atoms with Crippen molar-refractivity contribution in [2.75, 3.05) is 9.36 Å². The summed E-state index contributed by atoms with van der Waals surface area (Å²) in [6.45, 7) is 0. The van der Waals surface area contributed by atoms with Crippen LogP contribution in [0.1, 0.15) is 12.8 Å². The van der Waals surface area contributed by atoms with Crippen molar-refractivity contribution in [1.29, 1.82) is 0 Å². The Hall–Kier alpha value is 2.15. The molecule has 2 N–H and O–H groups in total. The molecule has 0 amide bonds.